The molecule has 0 unspecified atom stereocenters. The van der Waals surface area contributed by atoms with Crippen molar-refractivity contribution in [2.45, 2.75) is 26.2 Å². The van der Waals surface area contributed by atoms with Crippen molar-refractivity contribution in [1.29, 1.82) is 0 Å². The van der Waals surface area contributed by atoms with Gasteiger partial charge in [-0.05, 0) is 17.7 Å². The van der Waals surface area contributed by atoms with E-state index in [1.807, 2.05) is 48.5 Å². The molecule has 0 heterocycles. The summed E-state index contributed by atoms with van der Waals surface area (Å²) in [5, 5.41) is 10.1. The van der Waals surface area contributed by atoms with Gasteiger partial charge in [0, 0.05) is 13.1 Å². The van der Waals surface area contributed by atoms with Crippen LogP contribution in [0, 0.1) is 0 Å². The van der Waals surface area contributed by atoms with Crippen LogP contribution in [0.3, 0.4) is 0 Å². The standard InChI is InChI=1S/C19H25NO2/c1-2-20(13-17-9-5-3-6-10-17)14-19(21)16-22-15-18-11-7-4-8-12-18/h3-12,19,21H,2,13-16H2,1H3/t19-/m0/s1. The fraction of sp³-hybridized carbons (Fsp3) is 0.368. The van der Waals surface area contributed by atoms with E-state index in [-0.39, 0.29) is 0 Å². The van der Waals surface area contributed by atoms with Gasteiger partial charge in [0.05, 0.1) is 19.3 Å². The van der Waals surface area contributed by atoms with Crippen molar-refractivity contribution in [2.24, 2.45) is 0 Å². The number of benzene rings is 2. The molecule has 118 valence electrons. The van der Waals surface area contributed by atoms with Crippen LogP contribution in [0.25, 0.3) is 0 Å². The number of hydrogen-bond acceptors (Lipinski definition) is 3. The Morgan fingerprint density at radius 3 is 2.14 bits per heavy atom. The molecule has 0 fully saturated rings. The molecule has 0 aliphatic rings. The lowest BCUT2D eigenvalue weighted by molar-refractivity contribution is 0.00941. The molecule has 0 bridgehead atoms. The molecular weight excluding hydrogens is 274 g/mol. The summed E-state index contributed by atoms with van der Waals surface area (Å²) in [4.78, 5) is 2.23. The molecule has 22 heavy (non-hydrogen) atoms. The molecule has 1 atom stereocenters. The second-order valence-corrected chi connectivity index (χ2v) is 5.47. The van der Waals surface area contributed by atoms with E-state index < -0.39 is 6.10 Å². The average molecular weight is 299 g/mol. The zero-order valence-electron chi connectivity index (χ0n) is 13.2. The third-order valence-corrected chi connectivity index (χ3v) is 3.59. The Kier molecular flexibility index (Phi) is 7.10. The molecule has 0 saturated carbocycles. The molecule has 3 heteroatoms. The Balaban J connectivity index is 1.71. The molecule has 0 amide bonds. The van der Waals surface area contributed by atoms with Crippen LogP contribution in [-0.4, -0.2) is 35.8 Å². The predicted molar refractivity (Wildman–Crippen MR) is 89.5 cm³/mol. The summed E-state index contributed by atoms with van der Waals surface area (Å²) in [6.45, 7) is 5.40. The van der Waals surface area contributed by atoms with E-state index in [0.29, 0.717) is 19.8 Å². The van der Waals surface area contributed by atoms with E-state index in [1.165, 1.54) is 5.56 Å². The highest BCUT2D eigenvalue weighted by Crippen LogP contribution is 2.06. The summed E-state index contributed by atoms with van der Waals surface area (Å²) < 4.78 is 5.60. The molecule has 0 spiro atoms. The van der Waals surface area contributed by atoms with Crippen LogP contribution in [0.5, 0.6) is 0 Å². The van der Waals surface area contributed by atoms with E-state index >= 15 is 0 Å². The minimum absolute atomic E-state index is 0.361. The lowest BCUT2D eigenvalue weighted by Crippen LogP contribution is -2.34. The lowest BCUT2D eigenvalue weighted by Gasteiger charge is -2.23. The smallest absolute Gasteiger partial charge is 0.0900 e. The van der Waals surface area contributed by atoms with Crippen LogP contribution in [0.2, 0.25) is 0 Å². The third-order valence-electron chi connectivity index (χ3n) is 3.59. The summed E-state index contributed by atoms with van der Waals surface area (Å²) in [5.41, 5.74) is 2.40. The molecule has 0 radical (unpaired) electrons. The van der Waals surface area contributed by atoms with Gasteiger partial charge in [-0.25, -0.2) is 0 Å². The zero-order valence-corrected chi connectivity index (χ0v) is 13.2. The van der Waals surface area contributed by atoms with Crippen LogP contribution in [-0.2, 0) is 17.9 Å². The van der Waals surface area contributed by atoms with Crippen LogP contribution < -0.4 is 0 Å². The number of likely N-dealkylation sites (N-methyl/N-ethyl adjacent to an activating group) is 1. The highest BCUT2D eigenvalue weighted by Gasteiger charge is 2.11. The van der Waals surface area contributed by atoms with Gasteiger partial charge in [0.1, 0.15) is 0 Å². The molecule has 2 aromatic rings. The molecule has 2 aromatic carbocycles. The van der Waals surface area contributed by atoms with Crippen molar-refractivity contribution in [3.05, 3.63) is 71.8 Å². The molecule has 0 aliphatic carbocycles. The number of rotatable bonds is 9. The molecular formula is C19H25NO2. The van der Waals surface area contributed by atoms with Gasteiger partial charge in [-0.1, -0.05) is 67.6 Å². The van der Waals surface area contributed by atoms with Crippen LogP contribution in [0.4, 0.5) is 0 Å². The first kappa shape index (κ1) is 16.7. The van der Waals surface area contributed by atoms with E-state index in [2.05, 4.69) is 24.0 Å². The molecule has 1 N–H and O–H groups in total. The van der Waals surface area contributed by atoms with Gasteiger partial charge >= 0.3 is 0 Å². The van der Waals surface area contributed by atoms with Crippen LogP contribution in [0.1, 0.15) is 18.1 Å². The minimum Gasteiger partial charge on any atom is -0.389 e. The van der Waals surface area contributed by atoms with Gasteiger partial charge in [-0.15, -0.1) is 0 Å². The number of nitrogens with zero attached hydrogens (tertiary/aromatic N) is 1. The second kappa shape index (κ2) is 9.36. The molecule has 0 aromatic heterocycles. The number of ether oxygens (including phenoxy) is 1. The fourth-order valence-electron chi connectivity index (χ4n) is 2.38. The second-order valence-electron chi connectivity index (χ2n) is 5.47. The first-order valence-corrected chi connectivity index (χ1v) is 7.84. The fourth-order valence-corrected chi connectivity index (χ4v) is 2.38. The van der Waals surface area contributed by atoms with Gasteiger partial charge in [0.2, 0.25) is 0 Å². The van der Waals surface area contributed by atoms with Crippen molar-refractivity contribution >= 4 is 0 Å². The van der Waals surface area contributed by atoms with Gasteiger partial charge in [0.25, 0.3) is 0 Å². The number of hydrogen-bond donors (Lipinski definition) is 1. The average Bonchev–Trinajstić information content (AvgIpc) is 2.56. The largest absolute Gasteiger partial charge is 0.389 e. The van der Waals surface area contributed by atoms with E-state index in [9.17, 15) is 5.11 Å². The first-order chi connectivity index (χ1) is 10.8. The van der Waals surface area contributed by atoms with Gasteiger partial charge < -0.3 is 9.84 Å². The molecule has 0 aliphatic heterocycles. The Morgan fingerprint density at radius 2 is 1.55 bits per heavy atom. The summed E-state index contributed by atoms with van der Waals surface area (Å²) in [6.07, 6.45) is -0.465. The number of aliphatic hydroxyl groups is 1. The van der Waals surface area contributed by atoms with Crippen LogP contribution in [0.15, 0.2) is 60.7 Å². The van der Waals surface area contributed by atoms with Crippen molar-refractivity contribution in [3.8, 4) is 0 Å². The zero-order chi connectivity index (χ0) is 15.6. The van der Waals surface area contributed by atoms with Gasteiger partial charge in [-0.3, -0.25) is 4.90 Å². The van der Waals surface area contributed by atoms with E-state index in [4.69, 9.17) is 4.74 Å². The maximum atomic E-state index is 10.1. The predicted octanol–water partition coefficient (Wildman–Crippen LogP) is 3.09. The van der Waals surface area contributed by atoms with Crippen molar-refractivity contribution in [3.63, 3.8) is 0 Å². The first-order valence-electron chi connectivity index (χ1n) is 7.84. The third kappa shape index (κ3) is 5.98. The van der Waals surface area contributed by atoms with Gasteiger partial charge in [0.15, 0.2) is 0 Å². The van der Waals surface area contributed by atoms with Crippen molar-refractivity contribution in [1.82, 2.24) is 4.90 Å². The molecule has 0 saturated heterocycles. The minimum atomic E-state index is -0.465. The normalized spacial score (nSPS) is 12.5. The highest BCUT2D eigenvalue weighted by atomic mass is 16.5. The van der Waals surface area contributed by atoms with Crippen molar-refractivity contribution in [2.75, 3.05) is 19.7 Å². The van der Waals surface area contributed by atoms with Gasteiger partial charge in [-0.2, -0.15) is 0 Å². The quantitative estimate of drug-likeness (QED) is 0.772. The molecule has 2 rings (SSSR count). The SMILES string of the molecule is CCN(Cc1ccccc1)C[C@H](O)COCc1ccccc1. The summed E-state index contributed by atoms with van der Waals surface area (Å²) >= 11 is 0. The van der Waals surface area contributed by atoms with Crippen molar-refractivity contribution < 1.29 is 9.84 Å². The maximum Gasteiger partial charge on any atom is 0.0900 e. The molecule has 3 nitrogen and oxygen atoms in total. The summed E-state index contributed by atoms with van der Waals surface area (Å²) in [6, 6.07) is 20.4. The topological polar surface area (TPSA) is 32.7 Å². The Hall–Kier alpha value is -1.68. The lowest BCUT2D eigenvalue weighted by atomic mass is 10.2. The Labute approximate surface area is 133 Å². The summed E-state index contributed by atoms with van der Waals surface area (Å²) in [7, 11) is 0. The Bertz CT molecular complexity index is 515. The maximum absolute atomic E-state index is 10.1. The van der Waals surface area contributed by atoms with E-state index in [1.54, 1.807) is 0 Å². The van der Waals surface area contributed by atoms with E-state index in [0.717, 1.165) is 18.7 Å². The monoisotopic (exact) mass is 299 g/mol. The number of aliphatic hydroxyl groups excluding tert-OH is 1. The van der Waals surface area contributed by atoms with Crippen LogP contribution >= 0.6 is 0 Å². The Morgan fingerprint density at radius 1 is 0.955 bits per heavy atom. The summed E-state index contributed by atoms with van der Waals surface area (Å²) in [5.74, 6) is 0. The highest BCUT2D eigenvalue weighted by molar-refractivity contribution is 5.14.